The van der Waals surface area contributed by atoms with Crippen LogP contribution in [0.15, 0.2) is 12.2 Å². The van der Waals surface area contributed by atoms with Crippen LogP contribution in [0.5, 0.6) is 0 Å². The molecule has 0 aromatic rings. The van der Waals surface area contributed by atoms with E-state index in [2.05, 4.69) is 35.0 Å². The third kappa shape index (κ3) is 3.46. The van der Waals surface area contributed by atoms with Gasteiger partial charge in [-0.3, -0.25) is 0 Å². The van der Waals surface area contributed by atoms with E-state index in [1.54, 1.807) is 0 Å². The molecule has 0 atom stereocenters. The van der Waals surface area contributed by atoms with Gasteiger partial charge in [-0.15, -0.1) is 0 Å². The van der Waals surface area contributed by atoms with Gasteiger partial charge in [0.1, 0.15) is 0 Å². The molecule has 1 aliphatic rings. The minimum atomic E-state index is 0.755. The molecule has 1 heteroatoms. The molecule has 0 amide bonds. The van der Waals surface area contributed by atoms with E-state index in [1.807, 2.05) is 0 Å². The van der Waals surface area contributed by atoms with E-state index >= 15 is 0 Å². The standard InChI is InChI=1S/C12H21Br/c1-2-7-12(9-6-10-12)8-4-3-5-11-13/h3,5H,2,4,6-11H2,1H3/b5-3+. The van der Waals surface area contributed by atoms with Crippen molar-refractivity contribution in [3.05, 3.63) is 12.2 Å². The molecule has 0 aromatic carbocycles. The van der Waals surface area contributed by atoms with Gasteiger partial charge in [0, 0.05) is 5.33 Å². The average Bonchev–Trinajstić information content (AvgIpc) is 2.08. The Balaban J connectivity index is 2.19. The Morgan fingerprint density at radius 3 is 2.46 bits per heavy atom. The Kier molecular flexibility index (Phi) is 5.08. The first-order chi connectivity index (χ1) is 6.33. The summed E-state index contributed by atoms with van der Waals surface area (Å²) in [5, 5.41) is 1.01. The van der Waals surface area contributed by atoms with Crippen molar-refractivity contribution in [2.45, 2.75) is 51.9 Å². The Bertz CT molecular complexity index is 157. The summed E-state index contributed by atoms with van der Waals surface area (Å²) in [7, 11) is 0. The predicted octanol–water partition coefficient (Wildman–Crippen LogP) is 4.69. The maximum absolute atomic E-state index is 3.41. The van der Waals surface area contributed by atoms with Crippen molar-refractivity contribution in [3.8, 4) is 0 Å². The summed E-state index contributed by atoms with van der Waals surface area (Å²) in [6.45, 7) is 2.31. The lowest BCUT2D eigenvalue weighted by atomic mass is 9.64. The second kappa shape index (κ2) is 5.85. The van der Waals surface area contributed by atoms with Gasteiger partial charge < -0.3 is 0 Å². The quantitative estimate of drug-likeness (QED) is 0.470. The van der Waals surface area contributed by atoms with Gasteiger partial charge in [0.2, 0.25) is 0 Å². The summed E-state index contributed by atoms with van der Waals surface area (Å²) in [4.78, 5) is 0. The zero-order valence-corrected chi connectivity index (χ0v) is 10.3. The lowest BCUT2D eigenvalue weighted by Gasteiger charge is -2.42. The van der Waals surface area contributed by atoms with Crippen LogP contribution in [0.2, 0.25) is 0 Å². The molecule has 0 aromatic heterocycles. The summed E-state index contributed by atoms with van der Waals surface area (Å²) in [6.07, 6.45) is 14.5. The molecule has 1 fully saturated rings. The van der Waals surface area contributed by atoms with Crippen LogP contribution < -0.4 is 0 Å². The Hall–Kier alpha value is 0.220. The topological polar surface area (TPSA) is 0 Å². The van der Waals surface area contributed by atoms with Crippen molar-refractivity contribution in [2.24, 2.45) is 5.41 Å². The van der Waals surface area contributed by atoms with Crippen LogP contribution in [-0.4, -0.2) is 5.33 Å². The molecule has 0 spiro atoms. The van der Waals surface area contributed by atoms with E-state index in [9.17, 15) is 0 Å². The molecule has 0 aliphatic heterocycles. The van der Waals surface area contributed by atoms with Crippen LogP contribution >= 0.6 is 15.9 Å². The van der Waals surface area contributed by atoms with Gasteiger partial charge in [-0.2, -0.15) is 0 Å². The molecule has 1 saturated carbocycles. The summed E-state index contributed by atoms with van der Waals surface area (Å²) < 4.78 is 0. The molecule has 0 radical (unpaired) electrons. The molecule has 76 valence electrons. The first-order valence-electron chi connectivity index (χ1n) is 5.54. The highest BCUT2D eigenvalue weighted by atomic mass is 79.9. The maximum atomic E-state index is 3.41. The van der Waals surface area contributed by atoms with Gasteiger partial charge >= 0.3 is 0 Å². The smallest absolute Gasteiger partial charge is 0.0212 e. The van der Waals surface area contributed by atoms with Gasteiger partial charge in [0.05, 0.1) is 0 Å². The van der Waals surface area contributed by atoms with Crippen LogP contribution in [0.3, 0.4) is 0 Å². The van der Waals surface area contributed by atoms with Gasteiger partial charge in [-0.05, 0) is 37.5 Å². The Morgan fingerprint density at radius 1 is 1.23 bits per heavy atom. The van der Waals surface area contributed by atoms with Crippen molar-refractivity contribution in [1.82, 2.24) is 0 Å². The van der Waals surface area contributed by atoms with Crippen molar-refractivity contribution >= 4 is 15.9 Å². The lowest BCUT2D eigenvalue weighted by Crippen LogP contribution is -2.28. The molecular weight excluding hydrogens is 224 g/mol. The maximum Gasteiger partial charge on any atom is 0.0212 e. The molecule has 0 heterocycles. The van der Waals surface area contributed by atoms with Crippen LogP contribution in [0.4, 0.5) is 0 Å². The number of halogens is 1. The van der Waals surface area contributed by atoms with Crippen LogP contribution in [0, 0.1) is 5.41 Å². The minimum Gasteiger partial charge on any atom is -0.0883 e. The number of hydrogen-bond acceptors (Lipinski definition) is 0. The fourth-order valence-electron chi connectivity index (χ4n) is 2.40. The zero-order valence-electron chi connectivity index (χ0n) is 8.69. The van der Waals surface area contributed by atoms with Gasteiger partial charge in [-0.25, -0.2) is 0 Å². The number of rotatable bonds is 6. The minimum absolute atomic E-state index is 0.755. The number of alkyl halides is 1. The van der Waals surface area contributed by atoms with Crippen LogP contribution in [0.1, 0.15) is 51.9 Å². The Morgan fingerprint density at radius 2 is 2.00 bits per heavy atom. The van der Waals surface area contributed by atoms with Crippen LogP contribution in [0.25, 0.3) is 0 Å². The molecule has 1 aliphatic carbocycles. The van der Waals surface area contributed by atoms with Crippen molar-refractivity contribution in [3.63, 3.8) is 0 Å². The summed E-state index contributed by atoms with van der Waals surface area (Å²) in [5.74, 6) is 0. The number of hydrogen-bond donors (Lipinski definition) is 0. The van der Waals surface area contributed by atoms with E-state index in [0.29, 0.717) is 0 Å². The van der Waals surface area contributed by atoms with Gasteiger partial charge in [0.25, 0.3) is 0 Å². The van der Waals surface area contributed by atoms with Gasteiger partial charge in [0.15, 0.2) is 0 Å². The molecule has 0 bridgehead atoms. The normalized spacial score (nSPS) is 20.5. The monoisotopic (exact) mass is 244 g/mol. The van der Waals surface area contributed by atoms with Crippen molar-refractivity contribution < 1.29 is 0 Å². The summed E-state index contributed by atoms with van der Waals surface area (Å²) in [6, 6.07) is 0. The highest BCUT2D eigenvalue weighted by molar-refractivity contribution is 9.09. The SMILES string of the molecule is CCCC1(CC/C=C/CBr)CCC1. The highest BCUT2D eigenvalue weighted by Gasteiger charge is 2.34. The van der Waals surface area contributed by atoms with E-state index in [0.717, 1.165) is 10.7 Å². The molecule has 0 nitrogen and oxygen atoms in total. The number of allylic oxidation sites excluding steroid dienone is 2. The first kappa shape index (κ1) is 11.3. The predicted molar refractivity (Wildman–Crippen MR) is 63.4 cm³/mol. The first-order valence-corrected chi connectivity index (χ1v) is 6.66. The highest BCUT2D eigenvalue weighted by Crippen LogP contribution is 2.48. The van der Waals surface area contributed by atoms with Crippen molar-refractivity contribution in [2.75, 3.05) is 5.33 Å². The largest absolute Gasteiger partial charge is 0.0883 e. The van der Waals surface area contributed by atoms with E-state index in [4.69, 9.17) is 0 Å². The molecular formula is C12H21Br. The third-order valence-corrected chi connectivity index (χ3v) is 3.67. The molecule has 0 unspecified atom stereocenters. The molecule has 13 heavy (non-hydrogen) atoms. The van der Waals surface area contributed by atoms with E-state index in [-0.39, 0.29) is 0 Å². The summed E-state index contributed by atoms with van der Waals surface area (Å²) >= 11 is 3.41. The summed E-state index contributed by atoms with van der Waals surface area (Å²) in [5.41, 5.74) is 0.755. The zero-order chi connectivity index (χ0) is 9.57. The lowest BCUT2D eigenvalue weighted by molar-refractivity contribution is 0.106. The third-order valence-electron chi connectivity index (χ3n) is 3.29. The second-order valence-electron chi connectivity index (χ2n) is 4.27. The fourth-order valence-corrected chi connectivity index (χ4v) is 2.67. The molecule has 0 N–H and O–H groups in total. The average molecular weight is 245 g/mol. The second-order valence-corrected chi connectivity index (χ2v) is 4.92. The Labute approximate surface area is 90.9 Å². The van der Waals surface area contributed by atoms with Gasteiger partial charge in [-0.1, -0.05) is 47.8 Å². The molecule has 0 saturated heterocycles. The molecule has 1 rings (SSSR count). The van der Waals surface area contributed by atoms with E-state index in [1.165, 1.54) is 44.9 Å². The van der Waals surface area contributed by atoms with E-state index < -0.39 is 0 Å². The van der Waals surface area contributed by atoms with Crippen molar-refractivity contribution in [1.29, 1.82) is 0 Å². The van der Waals surface area contributed by atoms with Crippen LogP contribution in [-0.2, 0) is 0 Å². The fraction of sp³-hybridized carbons (Fsp3) is 0.833.